The zero-order valence-corrected chi connectivity index (χ0v) is 16.4. The van der Waals surface area contributed by atoms with Crippen LogP contribution in [0.5, 0.6) is 5.75 Å². The summed E-state index contributed by atoms with van der Waals surface area (Å²) >= 11 is 0. The SMILES string of the molecule is COc1ccc(C(CC(=O)N(C)Cc2nccn2CC(F)(F)F)NC(C)=O)cc1. The Morgan fingerprint density at radius 1 is 1.28 bits per heavy atom. The summed E-state index contributed by atoms with van der Waals surface area (Å²) in [6.45, 7) is 0.0840. The van der Waals surface area contributed by atoms with Gasteiger partial charge in [-0.05, 0) is 17.7 Å². The number of alkyl halides is 3. The predicted molar refractivity (Wildman–Crippen MR) is 98.9 cm³/mol. The number of benzene rings is 1. The predicted octanol–water partition coefficient (Wildman–Crippen LogP) is 2.68. The van der Waals surface area contributed by atoms with Crippen molar-refractivity contribution in [1.29, 1.82) is 0 Å². The fourth-order valence-electron chi connectivity index (χ4n) is 2.79. The fourth-order valence-corrected chi connectivity index (χ4v) is 2.79. The highest BCUT2D eigenvalue weighted by molar-refractivity contribution is 5.79. The molecule has 1 aromatic carbocycles. The minimum atomic E-state index is -4.39. The first-order valence-corrected chi connectivity index (χ1v) is 8.81. The molecule has 10 heteroatoms. The third kappa shape index (κ3) is 6.81. The van der Waals surface area contributed by atoms with Crippen LogP contribution in [0.4, 0.5) is 13.2 Å². The number of hydrogen-bond acceptors (Lipinski definition) is 4. The smallest absolute Gasteiger partial charge is 0.406 e. The number of nitrogens with one attached hydrogen (secondary N) is 1. The molecule has 1 aromatic heterocycles. The Hall–Kier alpha value is -3.04. The number of hydrogen-bond donors (Lipinski definition) is 1. The number of rotatable bonds is 8. The third-order valence-corrected chi connectivity index (χ3v) is 4.23. The molecule has 0 saturated carbocycles. The fraction of sp³-hybridized carbons (Fsp3) is 0.421. The summed E-state index contributed by atoms with van der Waals surface area (Å²) in [6.07, 6.45) is -1.96. The molecule has 29 heavy (non-hydrogen) atoms. The van der Waals surface area contributed by atoms with Crippen LogP contribution >= 0.6 is 0 Å². The maximum atomic E-state index is 12.7. The van der Waals surface area contributed by atoms with Crippen molar-refractivity contribution >= 4 is 11.8 Å². The summed E-state index contributed by atoms with van der Waals surface area (Å²) in [7, 11) is 3.01. The highest BCUT2D eigenvalue weighted by Crippen LogP contribution is 2.22. The highest BCUT2D eigenvalue weighted by atomic mass is 19.4. The van der Waals surface area contributed by atoms with Gasteiger partial charge in [-0.25, -0.2) is 4.98 Å². The van der Waals surface area contributed by atoms with E-state index in [1.807, 2.05) is 0 Å². The van der Waals surface area contributed by atoms with Gasteiger partial charge >= 0.3 is 6.18 Å². The van der Waals surface area contributed by atoms with Gasteiger partial charge in [0.15, 0.2) is 0 Å². The topological polar surface area (TPSA) is 76.5 Å². The lowest BCUT2D eigenvalue weighted by molar-refractivity contribution is -0.141. The van der Waals surface area contributed by atoms with Crippen molar-refractivity contribution in [3.05, 3.63) is 48.0 Å². The number of methoxy groups -OCH3 is 1. The van der Waals surface area contributed by atoms with Gasteiger partial charge in [-0.2, -0.15) is 13.2 Å². The molecule has 0 fully saturated rings. The number of nitrogens with zero attached hydrogens (tertiary/aromatic N) is 3. The second kappa shape index (κ2) is 9.44. The Labute approximate surface area is 166 Å². The summed E-state index contributed by atoms with van der Waals surface area (Å²) in [5.41, 5.74) is 0.710. The van der Waals surface area contributed by atoms with E-state index < -0.39 is 18.8 Å². The molecule has 0 spiro atoms. The number of halogens is 3. The Morgan fingerprint density at radius 3 is 2.48 bits per heavy atom. The minimum Gasteiger partial charge on any atom is -0.497 e. The number of amides is 2. The molecule has 2 amide bonds. The number of carbonyl (C=O) groups excluding carboxylic acids is 2. The van der Waals surface area contributed by atoms with Gasteiger partial charge in [0, 0.05) is 26.4 Å². The average molecular weight is 412 g/mol. The standard InChI is InChI=1S/C19H23F3N4O3/c1-13(27)24-16(14-4-6-15(29-3)7-5-14)10-18(28)25(2)11-17-23-8-9-26(17)12-19(20,21)22/h4-9,16H,10-12H2,1-3H3,(H,24,27). The molecule has 0 bridgehead atoms. The Balaban J connectivity index is 2.08. The van der Waals surface area contributed by atoms with E-state index in [2.05, 4.69) is 10.3 Å². The van der Waals surface area contributed by atoms with Gasteiger partial charge in [-0.1, -0.05) is 12.1 Å². The van der Waals surface area contributed by atoms with Crippen LogP contribution in [0.3, 0.4) is 0 Å². The molecular formula is C19H23F3N4O3. The first kappa shape index (κ1) is 22.3. The largest absolute Gasteiger partial charge is 0.497 e. The number of aromatic nitrogens is 2. The van der Waals surface area contributed by atoms with Crippen LogP contribution in [0.15, 0.2) is 36.7 Å². The van der Waals surface area contributed by atoms with Crippen molar-refractivity contribution in [3.63, 3.8) is 0 Å². The minimum absolute atomic E-state index is 0.0532. The highest BCUT2D eigenvalue weighted by Gasteiger charge is 2.29. The summed E-state index contributed by atoms with van der Waals surface area (Å²) in [5, 5.41) is 2.72. The zero-order valence-electron chi connectivity index (χ0n) is 16.4. The molecule has 0 saturated heterocycles. The molecule has 1 unspecified atom stereocenters. The van der Waals surface area contributed by atoms with Crippen LogP contribution in [0.25, 0.3) is 0 Å². The summed E-state index contributed by atoms with van der Waals surface area (Å²) in [4.78, 5) is 29.4. The van der Waals surface area contributed by atoms with E-state index in [0.717, 1.165) is 4.57 Å². The third-order valence-electron chi connectivity index (χ3n) is 4.23. The maximum absolute atomic E-state index is 12.7. The lowest BCUT2D eigenvalue weighted by Crippen LogP contribution is -2.34. The number of carbonyl (C=O) groups is 2. The van der Waals surface area contributed by atoms with Crippen molar-refractivity contribution in [2.75, 3.05) is 14.2 Å². The average Bonchev–Trinajstić information content (AvgIpc) is 3.05. The van der Waals surface area contributed by atoms with E-state index in [-0.39, 0.29) is 30.6 Å². The lowest BCUT2D eigenvalue weighted by atomic mass is 10.0. The van der Waals surface area contributed by atoms with Crippen LogP contribution in [0.2, 0.25) is 0 Å². The van der Waals surface area contributed by atoms with E-state index in [1.165, 1.54) is 38.4 Å². The van der Waals surface area contributed by atoms with E-state index in [9.17, 15) is 22.8 Å². The molecule has 2 aromatic rings. The molecule has 7 nitrogen and oxygen atoms in total. The molecule has 1 N–H and O–H groups in total. The molecule has 1 atom stereocenters. The lowest BCUT2D eigenvalue weighted by Gasteiger charge is -2.23. The molecule has 2 rings (SSSR count). The van der Waals surface area contributed by atoms with Gasteiger partial charge in [-0.3, -0.25) is 9.59 Å². The molecule has 0 aliphatic carbocycles. The molecule has 1 heterocycles. The maximum Gasteiger partial charge on any atom is 0.406 e. The molecule has 0 radical (unpaired) electrons. The van der Waals surface area contributed by atoms with Gasteiger partial charge < -0.3 is 19.5 Å². The second-order valence-electron chi connectivity index (χ2n) is 6.57. The number of imidazole rings is 1. The van der Waals surface area contributed by atoms with Crippen molar-refractivity contribution in [3.8, 4) is 5.75 Å². The molecule has 0 aliphatic heterocycles. The van der Waals surface area contributed by atoms with Crippen LogP contribution in [-0.2, 0) is 22.7 Å². The van der Waals surface area contributed by atoms with Crippen LogP contribution in [0, 0.1) is 0 Å². The van der Waals surface area contributed by atoms with Crippen molar-refractivity contribution < 1.29 is 27.5 Å². The van der Waals surface area contributed by atoms with E-state index in [4.69, 9.17) is 4.74 Å². The first-order valence-electron chi connectivity index (χ1n) is 8.81. The molecule has 0 aliphatic rings. The summed E-state index contributed by atoms with van der Waals surface area (Å²) < 4.78 is 44.0. The second-order valence-corrected chi connectivity index (χ2v) is 6.57. The summed E-state index contributed by atoms with van der Waals surface area (Å²) in [5.74, 6) is 0.108. The van der Waals surface area contributed by atoms with Crippen LogP contribution in [-0.4, -0.2) is 46.6 Å². The first-order chi connectivity index (χ1) is 13.6. The van der Waals surface area contributed by atoms with Crippen LogP contribution < -0.4 is 10.1 Å². The van der Waals surface area contributed by atoms with Gasteiger partial charge in [0.1, 0.15) is 18.1 Å². The van der Waals surface area contributed by atoms with Gasteiger partial charge in [0.2, 0.25) is 11.8 Å². The van der Waals surface area contributed by atoms with E-state index >= 15 is 0 Å². The number of ether oxygens (including phenoxy) is 1. The normalized spacial score (nSPS) is 12.3. The molecule has 158 valence electrons. The Morgan fingerprint density at radius 2 is 1.93 bits per heavy atom. The van der Waals surface area contributed by atoms with Gasteiger partial charge in [0.25, 0.3) is 0 Å². The van der Waals surface area contributed by atoms with Crippen molar-refractivity contribution in [1.82, 2.24) is 19.8 Å². The Kier molecular flexibility index (Phi) is 7.24. The quantitative estimate of drug-likeness (QED) is 0.723. The summed E-state index contributed by atoms with van der Waals surface area (Å²) in [6, 6.07) is 6.33. The monoisotopic (exact) mass is 412 g/mol. The Bertz CT molecular complexity index is 834. The van der Waals surface area contributed by atoms with Gasteiger partial charge in [0.05, 0.1) is 26.1 Å². The van der Waals surface area contributed by atoms with E-state index in [0.29, 0.717) is 11.3 Å². The van der Waals surface area contributed by atoms with Crippen molar-refractivity contribution in [2.24, 2.45) is 0 Å². The zero-order chi connectivity index (χ0) is 21.6. The van der Waals surface area contributed by atoms with Crippen LogP contribution in [0.1, 0.15) is 30.8 Å². The van der Waals surface area contributed by atoms with Gasteiger partial charge in [-0.15, -0.1) is 0 Å². The van der Waals surface area contributed by atoms with Crippen molar-refractivity contribution in [2.45, 2.75) is 38.7 Å². The van der Waals surface area contributed by atoms with E-state index in [1.54, 1.807) is 24.3 Å². The molecular weight excluding hydrogens is 389 g/mol.